The molecule has 2 heterocycles. The Hall–Kier alpha value is -3.88. The summed E-state index contributed by atoms with van der Waals surface area (Å²) in [5.41, 5.74) is 2.79. The van der Waals surface area contributed by atoms with Gasteiger partial charge in [0.25, 0.3) is 0 Å². The number of anilines is 1. The van der Waals surface area contributed by atoms with E-state index < -0.39 is 11.7 Å². The third-order valence-electron chi connectivity index (χ3n) is 5.99. The van der Waals surface area contributed by atoms with Crippen molar-refractivity contribution < 1.29 is 9.53 Å². The molecule has 0 fully saturated rings. The van der Waals surface area contributed by atoms with Gasteiger partial charge in [-0.15, -0.1) is 5.10 Å². The van der Waals surface area contributed by atoms with E-state index in [4.69, 9.17) is 33.0 Å². The van der Waals surface area contributed by atoms with Gasteiger partial charge in [-0.3, -0.25) is 4.79 Å². The van der Waals surface area contributed by atoms with Crippen LogP contribution in [0.4, 0.5) is 5.95 Å². The highest BCUT2D eigenvalue weighted by atomic mass is 35.5. The van der Waals surface area contributed by atoms with Crippen molar-refractivity contribution >= 4 is 40.8 Å². The number of hydrogen-bond donors (Lipinski definition) is 0. The highest BCUT2D eigenvalue weighted by Crippen LogP contribution is 2.31. The number of halogens is 2. The number of hydrazone groups is 1. The molecule has 1 aliphatic heterocycles. The van der Waals surface area contributed by atoms with Gasteiger partial charge in [-0.25, -0.2) is 14.4 Å². The second-order valence-electron chi connectivity index (χ2n) is 8.40. The molecule has 8 nitrogen and oxygen atoms in total. The van der Waals surface area contributed by atoms with E-state index in [1.165, 1.54) is 9.25 Å². The predicted octanol–water partition coefficient (Wildman–Crippen LogP) is 4.91. The number of ether oxygens (including phenoxy) is 1. The molecule has 3 aromatic carbocycles. The van der Waals surface area contributed by atoms with Gasteiger partial charge in [0.15, 0.2) is 0 Å². The maximum Gasteiger partial charge on any atom is 0.352 e. The molecular formula is C27H23Cl2N5O3. The van der Waals surface area contributed by atoms with E-state index in [1.54, 1.807) is 36.2 Å². The Morgan fingerprint density at radius 1 is 0.973 bits per heavy atom. The van der Waals surface area contributed by atoms with Crippen molar-refractivity contribution in [2.24, 2.45) is 5.10 Å². The van der Waals surface area contributed by atoms with Crippen LogP contribution in [-0.4, -0.2) is 39.2 Å². The second-order valence-corrected chi connectivity index (χ2v) is 9.27. The minimum atomic E-state index is -0.540. The maximum atomic E-state index is 13.4. The first-order valence-corrected chi connectivity index (χ1v) is 12.5. The van der Waals surface area contributed by atoms with Crippen LogP contribution in [0.25, 0.3) is 5.69 Å². The highest BCUT2D eigenvalue weighted by molar-refractivity contribution is 6.31. The second kappa shape index (κ2) is 10.6. The van der Waals surface area contributed by atoms with Crippen molar-refractivity contribution in [3.8, 4) is 5.69 Å². The van der Waals surface area contributed by atoms with E-state index in [2.05, 4.69) is 5.10 Å². The summed E-state index contributed by atoms with van der Waals surface area (Å²) in [6.45, 7) is 2.04. The van der Waals surface area contributed by atoms with E-state index in [0.29, 0.717) is 22.3 Å². The molecule has 1 atom stereocenters. The molecular weight excluding hydrogens is 513 g/mol. The van der Waals surface area contributed by atoms with Crippen LogP contribution in [0, 0.1) is 0 Å². The van der Waals surface area contributed by atoms with Crippen LogP contribution >= 0.6 is 23.2 Å². The normalized spacial score (nSPS) is 15.1. The zero-order valence-corrected chi connectivity index (χ0v) is 21.4. The van der Waals surface area contributed by atoms with Crippen LogP contribution in [0.15, 0.2) is 88.8 Å². The van der Waals surface area contributed by atoms with E-state index in [-0.39, 0.29) is 25.0 Å². The van der Waals surface area contributed by atoms with Crippen LogP contribution < -0.4 is 10.7 Å². The van der Waals surface area contributed by atoms with Gasteiger partial charge < -0.3 is 4.74 Å². The van der Waals surface area contributed by atoms with E-state index in [9.17, 15) is 9.59 Å². The number of hydrogen-bond acceptors (Lipinski definition) is 6. The molecule has 1 aromatic heterocycles. The van der Waals surface area contributed by atoms with Gasteiger partial charge in [0.2, 0.25) is 5.95 Å². The van der Waals surface area contributed by atoms with Crippen molar-refractivity contribution in [3.05, 3.63) is 111 Å². The number of rotatable bonds is 7. The van der Waals surface area contributed by atoms with Crippen LogP contribution in [0.1, 0.15) is 24.0 Å². The lowest BCUT2D eigenvalue weighted by molar-refractivity contribution is -0.143. The molecule has 10 heteroatoms. The molecule has 0 saturated carbocycles. The van der Waals surface area contributed by atoms with Gasteiger partial charge in [0.05, 0.1) is 24.6 Å². The Balaban J connectivity index is 1.62. The third kappa shape index (κ3) is 5.16. The minimum absolute atomic E-state index is 0.103. The van der Waals surface area contributed by atoms with Gasteiger partial charge in [0, 0.05) is 16.0 Å². The van der Waals surface area contributed by atoms with Crippen molar-refractivity contribution in [1.82, 2.24) is 14.3 Å². The molecule has 188 valence electrons. The lowest BCUT2D eigenvalue weighted by Crippen LogP contribution is -2.30. The molecule has 0 unspecified atom stereocenters. The summed E-state index contributed by atoms with van der Waals surface area (Å²) < 4.78 is 7.64. The minimum Gasteiger partial charge on any atom is -0.465 e. The maximum absolute atomic E-state index is 13.4. The largest absolute Gasteiger partial charge is 0.465 e. The molecule has 0 radical (unpaired) electrons. The number of benzene rings is 3. The number of aromatic nitrogens is 3. The Morgan fingerprint density at radius 3 is 2.27 bits per heavy atom. The molecule has 4 aromatic rings. The van der Waals surface area contributed by atoms with E-state index in [0.717, 1.165) is 16.8 Å². The standard InChI is InChI=1S/C27H23Cl2N5O3/c1-2-37-24(35)17-32-26(31-34(27(32)36)22-14-12-21(29)13-15-22)33-16-23(18-6-4-3-5-7-18)25(30-33)19-8-10-20(28)11-9-19/h3-15,23H,2,16-17H2,1H3/t23-/m0/s1. The fraction of sp³-hybridized carbons (Fsp3) is 0.185. The van der Waals surface area contributed by atoms with Crippen molar-refractivity contribution in [2.75, 3.05) is 18.2 Å². The zero-order valence-electron chi connectivity index (χ0n) is 19.9. The van der Waals surface area contributed by atoms with Crippen molar-refractivity contribution in [2.45, 2.75) is 19.4 Å². The number of carbonyl (C=O) groups excluding carboxylic acids is 1. The summed E-state index contributed by atoms with van der Waals surface area (Å²) in [6.07, 6.45) is 0. The lowest BCUT2D eigenvalue weighted by Gasteiger charge is -2.16. The quantitative estimate of drug-likeness (QED) is 0.314. The number of carbonyl (C=O) groups is 1. The summed E-state index contributed by atoms with van der Waals surface area (Å²) in [6, 6.07) is 24.2. The number of nitrogens with zero attached hydrogens (tertiary/aromatic N) is 5. The summed E-state index contributed by atoms with van der Waals surface area (Å²) >= 11 is 12.2. The van der Waals surface area contributed by atoms with Crippen LogP contribution in [0.3, 0.4) is 0 Å². The smallest absolute Gasteiger partial charge is 0.352 e. The Kier molecular flexibility index (Phi) is 7.12. The molecule has 0 spiro atoms. The Morgan fingerprint density at radius 2 is 1.62 bits per heavy atom. The average molecular weight is 536 g/mol. The molecule has 0 bridgehead atoms. The van der Waals surface area contributed by atoms with Crippen LogP contribution in [0.2, 0.25) is 10.0 Å². The summed E-state index contributed by atoms with van der Waals surface area (Å²) in [5, 5.41) is 12.3. The fourth-order valence-electron chi connectivity index (χ4n) is 4.26. The molecule has 0 saturated heterocycles. The first-order chi connectivity index (χ1) is 17.9. The molecule has 0 amide bonds. The Labute approximate surface area is 223 Å². The van der Waals surface area contributed by atoms with E-state index >= 15 is 0 Å². The molecule has 0 aliphatic carbocycles. The lowest BCUT2D eigenvalue weighted by atomic mass is 9.91. The third-order valence-corrected chi connectivity index (χ3v) is 6.50. The topological polar surface area (TPSA) is 81.7 Å². The SMILES string of the molecule is CCOC(=O)Cn1c(N2C[C@@H](c3ccccc3)C(c3ccc(Cl)cc3)=N2)nn(-c2ccc(Cl)cc2)c1=O. The number of esters is 1. The van der Waals surface area contributed by atoms with Crippen LogP contribution in [0.5, 0.6) is 0 Å². The van der Waals surface area contributed by atoms with Gasteiger partial charge in [-0.1, -0.05) is 65.7 Å². The van der Waals surface area contributed by atoms with Gasteiger partial charge in [-0.05, 0) is 54.4 Å². The fourth-order valence-corrected chi connectivity index (χ4v) is 4.51. The first kappa shape index (κ1) is 24.8. The molecule has 5 rings (SSSR count). The monoisotopic (exact) mass is 535 g/mol. The molecule has 1 aliphatic rings. The highest BCUT2D eigenvalue weighted by Gasteiger charge is 2.33. The molecule has 37 heavy (non-hydrogen) atoms. The predicted molar refractivity (Wildman–Crippen MR) is 144 cm³/mol. The van der Waals surface area contributed by atoms with Crippen molar-refractivity contribution in [3.63, 3.8) is 0 Å². The first-order valence-electron chi connectivity index (χ1n) is 11.7. The van der Waals surface area contributed by atoms with Gasteiger partial charge >= 0.3 is 11.7 Å². The van der Waals surface area contributed by atoms with Crippen LogP contribution in [-0.2, 0) is 16.1 Å². The van der Waals surface area contributed by atoms with Gasteiger partial charge in [-0.2, -0.15) is 9.78 Å². The van der Waals surface area contributed by atoms with E-state index in [1.807, 2.05) is 54.6 Å². The summed E-state index contributed by atoms with van der Waals surface area (Å²) in [7, 11) is 0. The summed E-state index contributed by atoms with van der Waals surface area (Å²) in [4.78, 5) is 25.9. The zero-order chi connectivity index (χ0) is 25.9. The molecule has 0 N–H and O–H groups in total. The summed E-state index contributed by atoms with van der Waals surface area (Å²) in [5.74, 6) is -0.408. The Bertz CT molecular complexity index is 1500. The van der Waals surface area contributed by atoms with Gasteiger partial charge in [0.1, 0.15) is 6.54 Å². The van der Waals surface area contributed by atoms with Crippen molar-refractivity contribution in [1.29, 1.82) is 0 Å². The average Bonchev–Trinajstić information content (AvgIpc) is 3.48.